The zero-order chi connectivity index (χ0) is 17.1. The van der Waals surface area contributed by atoms with Gasteiger partial charge in [0.25, 0.3) is 5.91 Å². The number of rotatable bonds is 4. The lowest BCUT2D eigenvalue weighted by Gasteiger charge is -2.32. The molecule has 1 aliphatic rings. The lowest BCUT2D eigenvalue weighted by atomic mass is 9.99. The highest BCUT2D eigenvalue weighted by molar-refractivity contribution is 7.13. The number of piperidine rings is 1. The molecular formula is C17H22N4O2S. The maximum absolute atomic E-state index is 12.7. The summed E-state index contributed by atoms with van der Waals surface area (Å²) in [6, 6.07) is 0.401. The van der Waals surface area contributed by atoms with Gasteiger partial charge in [0.2, 0.25) is 0 Å². The summed E-state index contributed by atoms with van der Waals surface area (Å²) in [6.45, 7) is 7.82. The number of aromatic nitrogens is 3. The Balaban J connectivity index is 1.58. The molecule has 0 spiro atoms. The molecule has 3 rings (SSSR count). The van der Waals surface area contributed by atoms with Gasteiger partial charge in [-0.15, -0.1) is 11.3 Å². The van der Waals surface area contributed by atoms with Crippen molar-refractivity contribution in [3.05, 3.63) is 33.5 Å². The molecule has 2 aromatic heterocycles. The second-order valence-electron chi connectivity index (χ2n) is 6.26. The van der Waals surface area contributed by atoms with Crippen molar-refractivity contribution in [3.63, 3.8) is 0 Å². The van der Waals surface area contributed by atoms with Crippen LogP contribution in [0.2, 0.25) is 0 Å². The van der Waals surface area contributed by atoms with Gasteiger partial charge >= 0.3 is 6.01 Å². The molecule has 1 saturated heterocycles. The van der Waals surface area contributed by atoms with E-state index in [1.54, 1.807) is 12.4 Å². The minimum absolute atomic E-state index is 0.0920. The number of hydrogen-bond donors (Lipinski definition) is 0. The van der Waals surface area contributed by atoms with Crippen LogP contribution < -0.4 is 4.74 Å². The van der Waals surface area contributed by atoms with Gasteiger partial charge in [-0.1, -0.05) is 0 Å². The smallest absolute Gasteiger partial charge is 0.316 e. The Hall–Kier alpha value is -2.02. The molecule has 1 atom stereocenters. The Labute approximate surface area is 145 Å². The first-order valence-electron chi connectivity index (χ1n) is 8.17. The molecular weight excluding hydrogens is 324 g/mol. The van der Waals surface area contributed by atoms with Crippen molar-refractivity contribution in [2.75, 3.05) is 19.7 Å². The summed E-state index contributed by atoms with van der Waals surface area (Å²) in [4.78, 5) is 28.1. The molecule has 2 aromatic rings. The lowest BCUT2D eigenvalue weighted by Crippen LogP contribution is -2.41. The minimum Gasteiger partial charge on any atom is -0.463 e. The molecule has 3 heterocycles. The van der Waals surface area contributed by atoms with E-state index in [9.17, 15) is 4.79 Å². The summed E-state index contributed by atoms with van der Waals surface area (Å²) in [5.74, 6) is 0.399. The third-order valence-electron chi connectivity index (χ3n) is 4.11. The van der Waals surface area contributed by atoms with E-state index < -0.39 is 0 Å². The molecule has 128 valence electrons. The molecule has 1 unspecified atom stereocenters. The van der Waals surface area contributed by atoms with E-state index in [1.165, 1.54) is 11.3 Å². The van der Waals surface area contributed by atoms with E-state index in [1.807, 2.05) is 25.7 Å². The normalized spacial score (nSPS) is 17.8. The van der Waals surface area contributed by atoms with Gasteiger partial charge in [0.15, 0.2) is 0 Å². The van der Waals surface area contributed by atoms with Crippen molar-refractivity contribution in [3.8, 4) is 6.01 Å². The zero-order valence-corrected chi connectivity index (χ0v) is 15.1. The number of carbonyl (C=O) groups is 1. The third kappa shape index (κ3) is 3.90. The van der Waals surface area contributed by atoms with E-state index in [-0.39, 0.29) is 5.91 Å². The summed E-state index contributed by atoms with van der Waals surface area (Å²) in [5, 5.41) is 0.935. The standard InChI is InChI=1S/C17H22N4O2S/c1-11-7-18-17(19-8-11)23-10-14-5-4-6-21(9-14)16(22)15-12(2)20-13(3)24-15/h7-8,14H,4-6,9-10H2,1-3H3. The molecule has 24 heavy (non-hydrogen) atoms. The predicted octanol–water partition coefficient (Wildman–Crippen LogP) is 2.79. The van der Waals surface area contributed by atoms with Gasteiger partial charge in [0, 0.05) is 31.4 Å². The molecule has 0 bridgehead atoms. The van der Waals surface area contributed by atoms with Crippen molar-refractivity contribution in [2.24, 2.45) is 5.92 Å². The van der Waals surface area contributed by atoms with Crippen LogP contribution in [0.5, 0.6) is 6.01 Å². The quantitative estimate of drug-likeness (QED) is 0.851. The van der Waals surface area contributed by atoms with Gasteiger partial charge in [-0.2, -0.15) is 0 Å². The maximum atomic E-state index is 12.7. The topological polar surface area (TPSA) is 68.2 Å². The first kappa shape index (κ1) is 16.8. The average molecular weight is 346 g/mol. The van der Waals surface area contributed by atoms with Gasteiger partial charge in [0.05, 0.1) is 17.3 Å². The number of likely N-dealkylation sites (tertiary alicyclic amines) is 1. The van der Waals surface area contributed by atoms with Crippen molar-refractivity contribution in [1.82, 2.24) is 19.9 Å². The van der Waals surface area contributed by atoms with Gasteiger partial charge in [-0.3, -0.25) is 4.79 Å². The van der Waals surface area contributed by atoms with E-state index in [4.69, 9.17) is 4.74 Å². The molecule has 1 fully saturated rings. The third-order valence-corrected chi connectivity index (χ3v) is 5.17. The van der Waals surface area contributed by atoms with Gasteiger partial charge in [-0.05, 0) is 39.2 Å². The predicted molar refractivity (Wildman–Crippen MR) is 92.5 cm³/mol. The fourth-order valence-electron chi connectivity index (χ4n) is 2.91. The molecule has 0 aromatic carbocycles. The van der Waals surface area contributed by atoms with Crippen LogP contribution in [0.3, 0.4) is 0 Å². The van der Waals surface area contributed by atoms with Crippen molar-refractivity contribution < 1.29 is 9.53 Å². The molecule has 1 aliphatic heterocycles. The van der Waals surface area contributed by atoms with E-state index in [0.717, 1.165) is 40.5 Å². The first-order valence-corrected chi connectivity index (χ1v) is 8.99. The largest absolute Gasteiger partial charge is 0.463 e. The number of aryl methyl sites for hydroxylation is 3. The molecule has 0 radical (unpaired) electrons. The second kappa shape index (κ2) is 7.25. The Morgan fingerprint density at radius 2 is 2.08 bits per heavy atom. The number of nitrogens with zero attached hydrogens (tertiary/aromatic N) is 4. The summed E-state index contributed by atoms with van der Waals surface area (Å²) in [6.07, 6.45) is 5.53. The number of thiazole rings is 1. The number of ether oxygens (including phenoxy) is 1. The van der Waals surface area contributed by atoms with Gasteiger partial charge < -0.3 is 9.64 Å². The zero-order valence-electron chi connectivity index (χ0n) is 14.3. The molecule has 0 N–H and O–H groups in total. The molecule has 7 heteroatoms. The van der Waals surface area contributed by atoms with E-state index in [0.29, 0.717) is 25.1 Å². The van der Waals surface area contributed by atoms with Crippen LogP contribution in [0.4, 0.5) is 0 Å². The van der Waals surface area contributed by atoms with E-state index >= 15 is 0 Å². The van der Waals surface area contributed by atoms with E-state index in [2.05, 4.69) is 15.0 Å². The SMILES string of the molecule is Cc1cnc(OCC2CCCN(C(=O)c3sc(C)nc3C)C2)nc1. The van der Waals surface area contributed by atoms with Crippen molar-refractivity contribution in [2.45, 2.75) is 33.6 Å². The minimum atomic E-state index is 0.0920. The van der Waals surface area contributed by atoms with Crippen molar-refractivity contribution >= 4 is 17.2 Å². The van der Waals surface area contributed by atoms with Crippen LogP contribution >= 0.6 is 11.3 Å². The highest BCUT2D eigenvalue weighted by Crippen LogP contribution is 2.23. The molecule has 0 saturated carbocycles. The van der Waals surface area contributed by atoms with Crippen LogP contribution in [-0.2, 0) is 0 Å². The van der Waals surface area contributed by atoms with Gasteiger partial charge in [0.1, 0.15) is 4.88 Å². The van der Waals surface area contributed by atoms with Crippen LogP contribution in [0, 0.1) is 26.7 Å². The lowest BCUT2D eigenvalue weighted by molar-refractivity contribution is 0.0632. The van der Waals surface area contributed by atoms with Crippen LogP contribution in [0.1, 0.15) is 38.8 Å². The highest BCUT2D eigenvalue weighted by atomic mass is 32.1. The maximum Gasteiger partial charge on any atom is 0.316 e. The molecule has 0 aliphatic carbocycles. The second-order valence-corrected chi connectivity index (χ2v) is 7.46. The summed E-state index contributed by atoms with van der Waals surface area (Å²) >= 11 is 1.48. The summed E-state index contributed by atoms with van der Waals surface area (Å²) in [7, 11) is 0. The fraction of sp³-hybridized carbons (Fsp3) is 0.529. The summed E-state index contributed by atoms with van der Waals surface area (Å²) < 4.78 is 5.69. The molecule has 1 amide bonds. The number of amides is 1. The van der Waals surface area contributed by atoms with Crippen LogP contribution in [0.15, 0.2) is 12.4 Å². The monoisotopic (exact) mass is 346 g/mol. The Morgan fingerprint density at radius 3 is 2.75 bits per heavy atom. The van der Waals surface area contributed by atoms with Gasteiger partial charge in [-0.25, -0.2) is 15.0 Å². The highest BCUT2D eigenvalue weighted by Gasteiger charge is 2.27. The number of hydrogen-bond acceptors (Lipinski definition) is 6. The summed E-state index contributed by atoms with van der Waals surface area (Å²) in [5.41, 5.74) is 1.83. The van der Waals surface area contributed by atoms with Crippen molar-refractivity contribution in [1.29, 1.82) is 0 Å². The Bertz CT molecular complexity index is 714. The Morgan fingerprint density at radius 1 is 1.33 bits per heavy atom. The fourth-order valence-corrected chi connectivity index (χ4v) is 3.79. The molecule has 6 nitrogen and oxygen atoms in total. The van der Waals surface area contributed by atoms with Crippen LogP contribution in [-0.4, -0.2) is 45.5 Å². The average Bonchev–Trinajstić information content (AvgIpc) is 2.92. The first-order chi connectivity index (χ1) is 11.5. The van der Waals surface area contributed by atoms with Crippen LogP contribution in [0.25, 0.3) is 0 Å². The Kier molecular flexibility index (Phi) is 5.08. The number of carbonyl (C=O) groups excluding carboxylic acids is 1.